The molecule has 4 heterocycles. The third-order valence-electron chi connectivity index (χ3n) is 6.78. The molecule has 3 aromatic rings. The molecule has 1 aliphatic carbocycles. The van der Waals surface area contributed by atoms with Crippen LogP contribution in [0.3, 0.4) is 0 Å². The van der Waals surface area contributed by atoms with Gasteiger partial charge in [0.05, 0.1) is 22.9 Å². The van der Waals surface area contributed by atoms with Gasteiger partial charge in [0.1, 0.15) is 5.69 Å². The molecule has 0 spiro atoms. The highest BCUT2D eigenvalue weighted by molar-refractivity contribution is 5.92. The third-order valence-corrected chi connectivity index (χ3v) is 6.78. The highest BCUT2D eigenvalue weighted by Gasteiger charge is 2.58. The number of carbonyl (C=O) groups is 1. The van der Waals surface area contributed by atoms with Gasteiger partial charge in [-0.1, -0.05) is 6.07 Å². The summed E-state index contributed by atoms with van der Waals surface area (Å²) in [5.74, 6) is -4.74. The molecule has 35 heavy (non-hydrogen) atoms. The number of carbonyl (C=O) groups excluding carboxylic acids is 1. The summed E-state index contributed by atoms with van der Waals surface area (Å²) in [6.07, 6.45) is 5.01. The number of imidazole rings is 1. The van der Waals surface area contributed by atoms with Crippen molar-refractivity contribution in [2.45, 2.75) is 63.0 Å². The van der Waals surface area contributed by atoms with Crippen LogP contribution in [-0.4, -0.2) is 44.4 Å². The number of fused-ring (bicyclic) bond motifs is 1. The van der Waals surface area contributed by atoms with E-state index in [1.54, 1.807) is 16.8 Å². The second-order valence-corrected chi connectivity index (χ2v) is 9.97. The molecule has 2 fully saturated rings. The van der Waals surface area contributed by atoms with Gasteiger partial charge in [0, 0.05) is 36.8 Å². The predicted molar refractivity (Wildman–Crippen MR) is 123 cm³/mol. The number of halogens is 3. The molecule has 0 radical (unpaired) electrons. The van der Waals surface area contributed by atoms with Crippen molar-refractivity contribution < 1.29 is 23.1 Å². The van der Waals surface area contributed by atoms with Gasteiger partial charge in [-0.05, 0) is 57.5 Å². The minimum Gasteiger partial charge on any atom is -0.386 e. The van der Waals surface area contributed by atoms with Gasteiger partial charge >= 0.3 is 0 Å². The number of pyridine rings is 2. The molecule has 5 rings (SSSR count). The fraction of sp³-hybridized carbons (Fsp3) is 0.480. The summed E-state index contributed by atoms with van der Waals surface area (Å²) in [6, 6.07) is 4.45. The maximum absolute atomic E-state index is 15.6. The van der Waals surface area contributed by atoms with Gasteiger partial charge < -0.3 is 20.1 Å². The number of aliphatic hydroxyl groups is 1. The predicted octanol–water partition coefficient (Wildman–Crippen LogP) is 3.62. The van der Waals surface area contributed by atoms with Crippen molar-refractivity contribution in [1.82, 2.24) is 25.0 Å². The van der Waals surface area contributed by atoms with Gasteiger partial charge in [-0.15, -0.1) is 0 Å². The Labute approximate surface area is 200 Å². The monoisotopic (exact) mass is 487 g/mol. The first kappa shape index (κ1) is 23.7. The Hall–Kier alpha value is -2.98. The van der Waals surface area contributed by atoms with E-state index in [0.29, 0.717) is 5.56 Å². The van der Waals surface area contributed by atoms with Gasteiger partial charge in [0.25, 0.3) is 11.8 Å². The van der Waals surface area contributed by atoms with Gasteiger partial charge in [0.15, 0.2) is 11.5 Å². The van der Waals surface area contributed by atoms with E-state index in [1.165, 1.54) is 32.0 Å². The van der Waals surface area contributed by atoms with Gasteiger partial charge in [-0.25, -0.2) is 23.1 Å². The number of hydrogen-bond acceptors (Lipinski definition) is 5. The summed E-state index contributed by atoms with van der Waals surface area (Å²) in [7, 11) is 0. The second kappa shape index (κ2) is 8.60. The Morgan fingerprint density at radius 2 is 1.94 bits per heavy atom. The number of piperidine rings is 1. The highest BCUT2D eigenvalue weighted by atomic mass is 19.3. The van der Waals surface area contributed by atoms with E-state index in [2.05, 4.69) is 20.6 Å². The van der Waals surface area contributed by atoms with Gasteiger partial charge in [0.2, 0.25) is 0 Å². The summed E-state index contributed by atoms with van der Waals surface area (Å²) in [6.45, 7) is 4.62. The van der Waals surface area contributed by atoms with Crippen LogP contribution in [0, 0.1) is 5.82 Å². The standard InChI is InChI=1S/C25H28F3N5O2/c1-24(2,35)20-15(11-30-23(34)18-5-3-4-17(31-18)16-10-25(16,27)28)12-33-13-19(32-22(33)21(20)26)14-6-8-29-9-7-14/h3-5,12-14,16,29,35H,6-11H2,1-2H3,(H,30,34)/t16-/m0/s1. The van der Waals surface area contributed by atoms with Crippen LogP contribution in [0.4, 0.5) is 13.2 Å². The molecule has 3 N–H and O–H groups in total. The first-order valence-electron chi connectivity index (χ1n) is 11.8. The van der Waals surface area contributed by atoms with Crippen molar-refractivity contribution >= 4 is 11.6 Å². The molecular weight excluding hydrogens is 459 g/mol. The molecule has 1 saturated carbocycles. The zero-order chi connectivity index (χ0) is 25.0. The summed E-state index contributed by atoms with van der Waals surface area (Å²) in [5.41, 5.74) is 0.0184. The van der Waals surface area contributed by atoms with Crippen LogP contribution in [-0.2, 0) is 12.1 Å². The van der Waals surface area contributed by atoms with E-state index in [0.717, 1.165) is 31.6 Å². The van der Waals surface area contributed by atoms with E-state index in [9.17, 15) is 18.7 Å². The van der Waals surface area contributed by atoms with Gasteiger partial charge in [-0.2, -0.15) is 0 Å². The second-order valence-electron chi connectivity index (χ2n) is 9.97. The molecule has 1 aliphatic heterocycles. The number of nitrogens with one attached hydrogen (secondary N) is 2. The summed E-state index contributed by atoms with van der Waals surface area (Å²) in [4.78, 5) is 21.4. The fourth-order valence-electron chi connectivity index (χ4n) is 4.84. The van der Waals surface area contributed by atoms with Crippen LogP contribution in [0.15, 0.2) is 30.6 Å². The first-order chi connectivity index (χ1) is 16.5. The maximum atomic E-state index is 15.6. The summed E-state index contributed by atoms with van der Waals surface area (Å²) < 4.78 is 44.1. The van der Waals surface area contributed by atoms with Crippen LogP contribution in [0.1, 0.15) is 77.9 Å². The molecule has 186 valence electrons. The number of alkyl halides is 2. The number of hydrogen-bond donors (Lipinski definition) is 3. The molecular formula is C25H28F3N5O2. The van der Waals surface area contributed by atoms with Crippen molar-refractivity contribution in [2.24, 2.45) is 0 Å². The van der Waals surface area contributed by atoms with E-state index in [-0.39, 0.29) is 41.5 Å². The van der Waals surface area contributed by atoms with E-state index in [1.807, 2.05) is 0 Å². The van der Waals surface area contributed by atoms with E-state index in [4.69, 9.17) is 0 Å². The maximum Gasteiger partial charge on any atom is 0.270 e. The molecule has 7 nitrogen and oxygen atoms in total. The van der Waals surface area contributed by atoms with E-state index >= 15 is 4.39 Å². The topological polar surface area (TPSA) is 91.5 Å². The lowest BCUT2D eigenvalue weighted by Crippen LogP contribution is -2.28. The van der Waals surface area contributed by atoms with Crippen LogP contribution in [0.25, 0.3) is 5.65 Å². The minimum atomic E-state index is -2.78. The number of rotatable bonds is 6. The zero-order valence-electron chi connectivity index (χ0n) is 19.6. The Bertz CT molecular complexity index is 1280. The lowest BCUT2D eigenvalue weighted by molar-refractivity contribution is 0.0730. The van der Waals surface area contributed by atoms with Crippen LogP contribution < -0.4 is 10.6 Å². The zero-order valence-corrected chi connectivity index (χ0v) is 19.6. The van der Waals surface area contributed by atoms with Crippen molar-refractivity contribution in [3.05, 3.63) is 64.6 Å². The molecule has 1 amide bonds. The van der Waals surface area contributed by atoms with Crippen molar-refractivity contribution in [1.29, 1.82) is 0 Å². The molecule has 0 unspecified atom stereocenters. The molecule has 2 aliphatic rings. The molecule has 1 saturated heterocycles. The largest absolute Gasteiger partial charge is 0.386 e. The van der Waals surface area contributed by atoms with Crippen LogP contribution in [0.2, 0.25) is 0 Å². The van der Waals surface area contributed by atoms with Crippen LogP contribution >= 0.6 is 0 Å². The molecule has 10 heteroatoms. The summed E-state index contributed by atoms with van der Waals surface area (Å²) in [5, 5.41) is 16.7. The van der Waals surface area contributed by atoms with Crippen LogP contribution in [0.5, 0.6) is 0 Å². The third kappa shape index (κ3) is 4.64. The SMILES string of the molecule is CC(C)(O)c1c(CNC(=O)c2cccc([C@@H]3CC3(F)F)n2)cn2cc(C3CCNCC3)nc2c1F. The Morgan fingerprint density at radius 3 is 2.60 bits per heavy atom. The Morgan fingerprint density at radius 1 is 1.23 bits per heavy atom. The molecule has 0 bridgehead atoms. The smallest absolute Gasteiger partial charge is 0.270 e. The average Bonchev–Trinajstić information content (AvgIpc) is 3.24. The first-order valence-corrected chi connectivity index (χ1v) is 11.8. The number of nitrogens with zero attached hydrogens (tertiary/aromatic N) is 3. The quantitative estimate of drug-likeness (QED) is 0.494. The minimum absolute atomic E-state index is 0.00684. The molecule has 3 aromatic heterocycles. The van der Waals surface area contributed by atoms with Gasteiger partial charge in [-0.3, -0.25) is 4.79 Å². The number of aromatic nitrogens is 3. The average molecular weight is 488 g/mol. The Kier molecular flexibility index (Phi) is 5.83. The van der Waals surface area contributed by atoms with E-state index < -0.39 is 29.2 Å². The van der Waals surface area contributed by atoms with Crippen molar-refractivity contribution in [2.75, 3.05) is 13.1 Å². The summed E-state index contributed by atoms with van der Waals surface area (Å²) >= 11 is 0. The number of amides is 1. The normalized spacial score (nSPS) is 20.2. The molecule has 0 aromatic carbocycles. The lowest BCUT2D eigenvalue weighted by atomic mass is 9.94. The van der Waals surface area contributed by atoms with Crippen molar-refractivity contribution in [3.63, 3.8) is 0 Å². The fourth-order valence-corrected chi connectivity index (χ4v) is 4.84. The van der Waals surface area contributed by atoms with Crippen molar-refractivity contribution in [3.8, 4) is 0 Å². The lowest BCUT2D eigenvalue weighted by Gasteiger charge is -2.23. The highest BCUT2D eigenvalue weighted by Crippen LogP contribution is 2.55. The Balaban J connectivity index is 1.42. The molecule has 1 atom stereocenters.